The predicted molar refractivity (Wildman–Crippen MR) is 71.3 cm³/mol. The van der Waals surface area contributed by atoms with Crippen LogP contribution in [0, 0.1) is 19.8 Å². The first-order valence-corrected chi connectivity index (χ1v) is 6.39. The molecule has 17 heavy (non-hydrogen) atoms. The summed E-state index contributed by atoms with van der Waals surface area (Å²) in [7, 11) is 0. The van der Waals surface area contributed by atoms with Gasteiger partial charge in [0.1, 0.15) is 0 Å². The van der Waals surface area contributed by atoms with E-state index in [0.717, 1.165) is 41.9 Å². The molecule has 2 rings (SSSR count). The van der Waals surface area contributed by atoms with Crippen LogP contribution in [0.25, 0.3) is 0 Å². The van der Waals surface area contributed by atoms with E-state index in [1.165, 1.54) is 5.56 Å². The zero-order valence-corrected chi connectivity index (χ0v) is 10.9. The highest BCUT2D eigenvalue weighted by atomic mass is 16.1. The summed E-state index contributed by atoms with van der Waals surface area (Å²) < 4.78 is 0. The van der Waals surface area contributed by atoms with Gasteiger partial charge in [-0.25, -0.2) is 0 Å². The Morgan fingerprint density at radius 2 is 2.06 bits per heavy atom. The van der Waals surface area contributed by atoms with Crippen LogP contribution in [0.2, 0.25) is 0 Å². The molecule has 90 valence electrons. The fourth-order valence-electron chi connectivity index (χ4n) is 2.34. The lowest BCUT2D eigenvalue weighted by molar-refractivity contribution is 0.102. The molecule has 0 radical (unpaired) electrons. The fraction of sp³-hybridized carbons (Fsp3) is 0.438. The molecule has 1 aromatic rings. The van der Waals surface area contributed by atoms with Gasteiger partial charge < -0.3 is 0 Å². The summed E-state index contributed by atoms with van der Waals surface area (Å²) in [6.07, 6.45) is 5.26. The van der Waals surface area contributed by atoms with E-state index in [-0.39, 0.29) is 5.78 Å². The Morgan fingerprint density at radius 1 is 1.29 bits per heavy atom. The molecule has 1 aliphatic rings. The van der Waals surface area contributed by atoms with Gasteiger partial charge in [-0.3, -0.25) is 4.79 Å². The van der Waals surface area contributed by atoms with E-state index in [1.54, 1.807) is 0 Å². The minimum atomic E-state index is 0.234. The molecule has 0 N–H and O–H groups in total. The standard InChI is InChI=1S/C16H20O/c1-11-7-9-14(10-8-11)16(17)15-6-4-5-12(2)13(15)3/h4-6,9,11H,7-8,10H2,1-3H3. The topological polar surface area (TPSA) is 17.1 Å². The molecule has 0 saturated heterocycles. The third kappa shape index (κ3) is 2.49. The highest BCUT2D eigenvalue weighted by Gasteiger charge is 2.18. The van der Waals surface area contributed by atoms with Crippen LogP contribution < -0.4 is 0 Å². The molecule has 1 aromatic carbocycles. The lowest BCUT2D eigenvalue weighted by Gasteiger charge is -2.18. The average Bonchev–Trinajstić information content (AvgIpc) is 2.33. The molecule has 0 spiro atoms. The molecule has 1 atom stereocenters. The lowest BCUT2D eigenvalue weighted by atomic mass is 9.86. The van der Waals surface area contributed by atoms with Gasteiger partial charge >= 0.3 is 0 Å². The summed E-state index contributed by atoms with van der Waals surface area (Å²) in [4.78, 5) is 12.4. The van der Waals surface area contributed by atoms with Crippen LogP contribution in [0.4, 0.5) is 0 Å². The van der Waals surface area contributed by atoms with Crippen molar-refractivity contribution in [1.29, 1.82) is 0 Å². The van der Waals surface area contributed by atoms with E-state index in [2.05, 4.69) is 26.0 Å². The lowest BCUT2D eigenvalue weighted by Crippen LogP contribution is -2.11. The molecule has 0 amide bonds. The highest BCUT2D eigenvalue weighted by molar-refractivity contribution is 6.09. The average molecular weight is 228 g/mol. The van der Waals surface area contributed by atoms with Crippen molar-refractivity contribution in [3.63, 3.8) is 0 Å². The molecule has 0 fully saturated rings. The molecule has 0 bridgehead atoms. The van der Waals surface area contributed by atoms with E-state index >= 15 is 0 Å². The molecule has 0 heterocycles. The minimum absolute atomic E-state index is 0.234. The van der Waals surface area contributed by atoms with Crippen molar-refractivity contribution in [2.75, 3.05) is 0 Å². The number of hydrogen-bond donors (Lipinski definition) is 0. The molecular formula is C16H20O. The normalized spacial score (nSPS) is 19.9. The largest absolute Gasteiger partial charge is 0.289 e. The first-order chi connectivity index (χ1) is 8.09. The fourth-order valence-corrected chi connectivity index (χ4v) is 2.34. The number of rotatable bonds is 2. The summed E-state index contributed by atoms with van der Waals surface area (Å²) >= 11 is 0. The molecule has 1 unspecified atom stereocenters. The number of carbonyl (C=O) groups excluding carboxylic acids is 1. The summed E-state index contributed by atoms with van der Waals surface area (Å²) in [5.74, 6) is 0.961. The van der Waals surface area contributed by atoms with Gasteiger partial charge in [-0.1, -0.05) is 31.2 Å². The Bertz CT molecular complexity index is 468. The Hall–Kier alpha value is -1.37. The molecule has 0 aliphatic heterocycles. The van der Waals surface area contributed by atoms with Gasteiger partial charge in [0.15, 0.2) is 5.78 Å². The molecular weight excluding hydrogens is 208 g/mol. The van der Waals surface area contributed by atoms with Crippen molar-refractivity contribution in [3.05, 3.63) is 46.5 Å². The number of aryl methyl sites for hydroxylation is 1. The minimum Gasteiger partial charge on any atom is -0.289 e. The number of ketones is 1. The SMILES string of the molecule is Cc1cccc(C(=O)C2=CCC(C)CC2)c1C. The third-order valence-corrected chi connectivity index (χ3v) is 3.81. The van der Waals surface area contributed by atoms with Crippen molar-refractivity contribution < 1.29 is 4.79 Å². The first-order valence-electron chi connectivity index (χ1n) is 6.39. The van der Waals surface area contributed by atoms with Crippen molar-refractivity contribution in [2.45, 2.75) is 40.0 Å². The van der Waals surface area contributed by atoms with Gasteiger partial charge in [0.2, 0.25) is 0 Å². The van der Waals surface area contributed by atoms with E-state index in [9.17, 15) is 4.79 Å². The van der Waals surface area contributed by atoms with Gasteiger partial charge in [-0.2, -0.15) is 0 Å². The Kier molecular flexibility index (Phi) is 3.46. The Balaban J connectivity index is 2.29. The van der Waals surface area contributed by atoms with Gasteiger partial charge in [-0.05, 0) is 55.7 Å². The maximum Gasteiger partial charge on any atom is 0.188 e. The van der Waals surface area contributed by atoms with Crippen LogP contribution in [0.3, 0.4) is 0 Å². The number of allylic oxidation sites excluding steroid dienone is 2. The monoisotopic (exact) mass is 228 g/mol. The summed E-state index contributed by atoms with van der Waals surface area (Å²) in [6, 6.07) is 5.98. The van der Waals surface area contributed by atoms with Crippen LogP contribution >= 0.6 is 0 Å². The highest BCUT2D eigenvalue weighted by Crippen LogP contribution is 2.26. The van der Waals surface area contributed by atoms with E-state index in [0.29, 0.717) is 0 Å². The van der Waals surface area contributed by atoms with Crippen molar-refractivity contribution in [1.82, 2.24) is 0 Å². The number of carbonyl (C=O) groups is 1. The zero-order chi connectivity index (χ0) is 12.4. The second-order valence-electron chi connectivity index (χ2n) is 5.19. The molecule has 0 saturated carbocycles. The second-order valence-corrected chi connectivity index (χ2v) is 5.19. The maximum absolute atomic E-state index is 12.4. The summed E-state index contributed by atoms with van der Waals surface area (Å²) in [5, 5.41) is 0. The number of Topliss-reactive ketones (excluding diaryl/α,β-unsaturated/α-hetero) is 1. The van der Waals surface area contributed by atoms with Gasteiger partial charge in [0.25, 0.3) is 0 Å². The zero-order valence-electron chi connectivity index (χ0n) is 10.9. The molecule has 1 nitrogen and oxygen atoms in total. The smallest absolute Gasteiger partial charge is 0.188 e. The van der Waals surface area contributed by atoms with E-state index in [4.69, 9.17) is 0 Å². The molecule has 1 aliphatic carbocycles. The predicted octanol–water partition coefficient (Wildman–Crippen LogP) is 4.23. The molecule has 0 aromatic heterocycles. The molecule has 1 heteroatoms. The van der Waals surface area contributed by atoms with Crippen LogP contribution in [0.5, 0.6) is 0 Å². The van der Waals surface area contributed by atoms with Gasteiger partial charge in [0, 0.05) is 5.56 Å². The van der Waals surface area contributed by atoms with Crippen molar-refractivity contribution in [3.8, 4) is 0 Å². The summed E-state index contributed by atoms with van der Waals surface area (Å²) in [5.41, 5.74) is 4.21. The van der Waals surface area contributed by atoms with Gasteiger partial charge in [-0.15, -0.1) is 0 Å². The third-order valence-electron chi connectivity index (χ3n) is 3.81. The van der Waals surface area contributed by atoms with E-state index < -0.39 is 0 Å². The number of benzene rings is 1. The van der Waals surface area contributed by atoms with Crippen molar-refractivity contribution in [2.24, 2.45) is 5.92 Å². The number of hydrogen-bond acceptors (Lipinski definition) is 1. The second kappa shape index (κ2) is 4.87. The van der Waals surface area contributed by atoms with Crippen LogP contribution in [0.15, 0.2) is 29.8 Å². The first kappa shape index (κ1) is 12.1. The Labute approximate surface area is 104 Å². The summed E-state index contributed by atoms with van der Waals surface area (Å²) in [6.45, 7) is 6.34. The van der Waals surface area contributed by atoms with Crippen molar-refractivity contribution >= 4 is 5.78 Å². The van der Waals surface area contributed by atoms with Crippen LogP contribution in [0.1, 0.15) is 47.7 Å². The Morgan fingerprint density at radius 3 is 2.71 bits per heavy atom. The van der Waals surface area contributed by atoms with E-state index in [1.807, 2.05) is 19.1 Å². The quantitative estimate of drug-likeness (QED) is 0.692. The van der Waals surface area contributed by atoms with Crippen LogP contribution in [-0.2, 0) is 0 Å². The maximum atomic E-state index is 12.4. The van der Waals surface area contributed by atoms with Crippen LogP contribution in [-0.4, -0.2) is 5.78 Å². The van der Waals surface area contributed by atoms with Gasteiger partial charge in [0.05, 0.1) is 0 Å².